The first-order chi connectivity index (χ1) is 11.0. The summed E-state index contributed by atoms with van der Waals surface area (Å²) in [4.78, 5) is 14.2. The summed E-state index contributed by atoms with van der Waals surface area (Å²) in [6.07, 6.45) is 1.32. The molecule has 1 aliphatic carbocycles. The second-order valence-electron chi connectivity index (χ2n) is 6.06. The van der Waals surface area contributed by atoms with Crippen LogP contribution < -0.4 is 0 Å². The number of aliphatic hydroxyl groups is 1. The summed E-state index contributed by atoms with van der Waals surface area (Å²) in [7, 11) is 0. The van der Waals surface area contributed by atoms with Gasteiger partial charge in [0, 0.05) is 11.7 Å². The Kier molecular flexibility index (Phi) is 4.43. The van der Waals surface area contributed by atoms with Crippen molar-refractivity contribution in [3.63, 3.8) is 0 Å². The number of aromatic amines is 1. The van der Waals surface area contributed by atoms with Crippen molar-refractivity contribution in [3.05, 3.63) is 53.1 Å². The van der Waals surface area contributed by atoms with Crippen LogP contribution >= 0.6 is 0 Å². The maximum atomic E-state index is 13.0. The van der Waals surface area contributed by atoms with Gasteiger partial charge in [-0.25, -0.2) is 4.39 Å². The van der Waals surface area contributed by atoms with Gasteiger partial charge < -0.3 is 10.0 Å². The minimum atomic E-state index is -0.818. The zero-order valence-electron chi connectivity index (χ0n) is 13.0. The second kappa shape index (κ2) is 6.50. The Labute approximate surface area is 134 Å². The number of benzene rings is 1. The highest BCUT2D eigenvalue weighted by molar-refractivity contribution is 5.79. The minimum absolute atomic E-state index is 0.0415. The molecule has 0 bridgehead atoms. The second-order valence-corrected chi connectivity index (χ2v) is 6.06. The van der Waals surface area contributed by atoms with E-state index in [2.05, 4.69) is 10.2 Å². The average molecular weight is 317 g/mol. The van der Waals surface area contributed by atoms with E-state index in [9.17, 15) is 14.3 Å². The molecule has 1 saturated carbocycles. The largest absolute Gasteiger partial charge is 0.387 e. The summed E-state index contributed by atoms with van der Waals surface area (Å²) in [5.41, 5.74) is 2.23. The highest BCUT2D eigenvalue weighted by Gasteiger charge is 2.34. The normalized spacial score (nSPS) is 15.4. The number of aromatic nitrogens is 2. The number of carbonyl (C=O) groups excluding carboxylic acids is 1. The third-order valence-electron chi connectivity index (χ3n) is 4.02. The van der Waals surface area contributed by atoms with Crippen LogP contribution in [0.4, 0.5) is 4.39 Å². The van der Waals surface area contributed by atoms with Gasteiger partial charge in [0.05, 0.1) is 24.8 Å². The number of carbonyl (C=O) groups is 1. The van der Waals surface area contributed by atoms with Gasteiger partial charge in [-0.15, -0.1) is 0 Å². The van der Waals surface area contributed by atoms with Gasteiger partial charge in [0.15, 0.2) is 0 Å². The fraction of sp³-hybridized carbons (Fsp3) is 0.412. The Morgan fingerprint density at radius 3 is 2.70 bits per heavy atom. The van der Waals surface area contributed by atoms with Crippen LogP contribution in [0.1, 0.15) is 35.9 Å². The summed E-state index contributed by atoms with van der Waals surface area (Å²) >= 11 is 0. The molecule has 3 rings (SSSR count). The molecule has 6 heteroatoms. The smallest absolute Gasteiger partial charge is 0.229 e. The fourth-order valence-electron chi connectivity index (χ4n) is 2.64. The van der Waals surface area contributed by atoms with E-state index in [1.54, 1.807) is 17.0 Å². The van der Waals surface area contributed by atoms with Crippen LogP contribution in [-0.2, 0) is 11.2 Å². The van der Waals surface area contributed by atoms with Crippen molar-refractivity contribution in [2.24, 2.45) is 0 Å². The van der Waals surface area contributed by atoms with Crippen LogP contribution in [0.2, 0.25) is 0 Å². The molecule has 2 aromatic rings. The number of hydrogen-bond donors (Lipinski definition) is 2. The lowest BCUT2D eigenvalue weighted by Gasteiger charge is -2.25. The number of aliphatic hydroxyl groups excluding tert-OH is 1. The molecule has 2 N–H and O–H groups in total. The zero-order chi connectivity index (χ0) is 16.4. The van der Waals surface area contributed by atoms with Gasteiger partial charge in [0.1, 0.15) is 5.82 Å². The third kappa shape index (κ3) is 3.96. The maximum Gasteiger partial charge on any atom is 0.229 e. The van der Waals surface area contributed by atoms with Gasteiger partial charge in [-0.05, 0) is 43.5 Å². The molecule has 0 saturated heterocycles. The first-order valence-electron chi connectivity index (χ1n) is 7.77. The predicted octanol–water partition coefficient (Wildman–Crippen LogP) is 2.12. The molecular weight excluding hydrogens is 297 g/mol. The standard InChI is InChI=1S/C17H20FN3O2/c1-11-8-14(20-19-11)9-17(23)21(15-6-7-15)10-16(22)12-2-4-13(18)5-3-12/h2-5,8,15-16,22H,6-7,9-10H2,1H3,(H,19,20). The van der Waals surface area contributed by atoms with E-state index < -0.39 is 6.10 Å². The van der Waals surface area contributed by atoms with Gasteiger partial charge in [-0.3, -0.25) is 9.89 Å². The van der Waals surface area contributed by atoms with Crippen LogP contribution in [0.15, 0.2) is 30.3 Å². The van der Waals surface area contributed by atoms with Gasteiger partial charge in [-0.1, -0.05) is 12.1 Å². The lowest BCUT2D eigenvalue weighted by Crippen LogP contribution is -2.37. The molecule has 0 radical (unpaired) electrons. The van der Waals surface area contributed by atoms with Crippen molar-refractivity contribution in [2.45, 2.75) is 38.3 Å². The number of hydrogen-bond acceptors (Lipinski definition) is 3. The maximum absolute atomic E-state index is 13.0. The fourth-order valence-corrected chi connectivity index (χ4v) is 2.64. The monoisotopic (exact) mass is 317 g/mol. The lowest BCUT2D eigenvalue weighted by atomic mass is 10.1. The first-order valence-corrected chi connectivity index (χ1v) is 7.77. The molecule has 23 heavy (non-hydrogen) atoms. The average Bonchev–Trinajstić information content (AvgIpc) is 3.28. The predicted molar refractivity (Wildman–Crippen MR) is 83.1 cm³/mol. The Morgan fingerprint density at radius 1 is 1.43 bits per heavy atom. The van der Waals surface area contributed by atoms with Crippen LogP contribution in [0.25, 0.3) is 0 Å². The molecule has 1 atom stereocenters. The van der Waals surface area contributed by atoms with E-state index in [0.717, 1.165) is 18.5 Å². The molecule has 1 fully saturated rings. The van der Waals surface area contributed by atoms with E-state index in [0.29, 0.717) is 11.3 Å². The Morgan fingerprint density at radius 2 is 2.13 bits per heavy atom. The molecule has 1 aliphatic rings. The number of nitrogens with one attached hydrogen (secondary N) is 1. The first kappa shape index (κ1) is 15.7. The molecule has 122 valence electrons. The summed E-state index contributed by atoms with van der Waals surface area (Å²) in [5, 5.41) is 17.3. The van der Waals surface area contributed by atoms with Crippen LogP contribution in [0, 0.1) is 12.7 Å². The van der Waals surface area contributed by atoms with E-state index >= 15 is 0 Å². The highest BCUT2D eigenvalue weighted by atomic mass is 19.1. The van der Waals surface area contributed by atoms with Crippen molar-refractivity contribution in [2.75, 3.05) is 6.54 Å². The Bertz CT molecular complexity index is 679. The van der Waals surface area contributed by atoms with Crippen LogP contribution in [-0.4, -0.2) is 38.7 Å². The number of nitrogens with zero attached hydrogens (tertiary/aromatic N) is 2. The van der Waals surface area contributed by atoms with E-state index in [1.807, 2.05) is 13.0 Å². The molecule has 1 amide bonds. The highest BCUT2D eigenvalue weighted by Crippen LogP contribution is 2.29. The summed E-state index contributed by atoms with van der Waals surface area (Å²) in [6, 6.07) is 7.76. The quantitative estimate of drug-likeness (QED) is 0.857. The van der Waals surface area contributed by atoms with Crippen molar-refractivity contribution in [1.29, 1.82) is 0 Å². The zero-order valence-corrected chi connectivity index (χ0v) is 13.0. The van der Waals surface area contributed by atoms with Crippen LogP contribution in [0.3, 0.4) is 0 Å². The Balaban J connectivity index is 1.66. The lowest BCUT2D eigenvalue weighted by molar-refractivity contribution is -0.132. The molecule has 0 aliphatic heterocycles. The molecule has 1 aromatic carbocycles. The molecule has 1 aromatic heterocycles. The van der Waals surface area contributed by atoms with Crippen molar-refractivity contribution in [1.82, 2.24) is 15.1 Å². The van der Waals surface area contributed by atoms with Crippen LogP contribution in [0.5, 0.6) is 0 Å². The van der Waals surface area contributed by atoms with Gasteiger partial charge in [-0.2, -0.15) is 5.10 Å². The van der Waals surface area contributed by atoms with Gasteiger partial charge >= 0.3 is 0 Å². The SMILES string of the molecule is Cc1cc(CC(=O)N(CC(O)c2ccc(F)cc2)C2CC2)n[nH]1. The van der Waals surface area contributed by atoms with Gasteiger partial charge in [0.25, 0.3) is 0 Å². The number of rotatable bonds is 6. The summed E-state index contributed by atoms with van der Waals surface area (Å²) < 4.78 is 13.0. The van der Waals surface area contributed by atoms with Crippen molar-refractivity contribution in [3.8, 4) is 0 Å². The summed E-state index contributed by atoms with van der Waals surface area (Å²) in [6.45, 7) is 2.11. The molecule has 1 unspecified atom stereocenters. The van der Waals surface area contributed by atoms with Crippen molar-refractivity contribution < 1.29 is 14.3 Å². The van der Waals surface area contributed by atoms with Gasteiger partial charge in [0.2, 0.25) is 5.91 Å². The number of halogens is 1. The molecule has 0 spiro atoms. The number of H-pyrrole nitrogens is 1. The molecule has 5 nitrogen and oxygen atoms in total. The third-order valence-corrected chi connectivity index (χ3v) is 4.02. The number of amides is 1. The summed E-state index contributed by atoms with van der Waals surface area (Å²) in [5.74, 6) is -0.384. The van der Waals surface area contributed by atoms with E-state index in [4.69, 9.17) is 0 Å². The number of aryl methyl sites for hydroxylation is 1. The minimum Gasteiger partial charge on any atom is -0.387 e. The topological polar surface area (TPSA) is 69.2 Å². The molecular formula is C17H20FN3O2. The van der Waals surface area contributed by atoms with E-state index in [1.165, 1.54) is 12.1 Å². The van der Waals surface area contributed by atoms with Crippen molar-refractivity contribution >= 4 is 5.91 Å². The Hall–Kier alpha value is -2.21. The molecule has 1 heterocycles. The van der Waals surface area contributed by atoms with E-state index in [-0.39, 0.29) is 30.7 Å².